The molecule has 0 unspecified atom stereocenters. The van der Waals surface area contributed by atoms with E-state index in [1.807, 2.05) is 0 Å². The van der Waals surface area contributed by atoms with Crippen molar-refractivity contribution in [3.63, 3.8) is 0 Å². The van der Waals surface area contributed by atoms with Gasteiger partial charge >= 0.3 is 0 Å². The van der Waals surface area contributed by atoms with E-state index in [0.29, 0.717) is 0 Å². The van der Waals surface area contributed by atoms with Crippen LogP contribution in [0.3, 0.4) is 0 Å². The molecule has 0 bridgehead atoms. The molecule has 1 aromatic heterocycles. The highest BCUT2D eigenvalue weighted by Crippen LogP contribution is 2.58. The molecule has 0 fully saturated rings. The third-order valence-electron chi connectivity index (χ3n) is 15.5. The summed E-state index contributed by atoms with van der Waals surface area (Å²) in [7, 11) is 0. The zero-order valence-corrected chi connectivity index (χ0v) is 41.3. The predicted molar refractivity (Wildman–Crippen MR) is 315 cm³/mol. The normalized spacial score (nSPS) is 12.4. The average Bonchev–Trinajstić information content (AvgIpc) is 4.00. The summed E-state index contributed by atoms with van der Waals surface area (Å²) in [6.07, 6.45) is 0. The second-order valence-corrected chi connectivity index (χ2v) is 19.5. The van der Waals surface area contributed by atoms with Crippen LogP contribution in [0, 0.1) is 0 Å². The first-order chi connectivity index (χ1) is 37.2. The van der Waals surface area contributed by atoms with Crippen LogP contribution in [0.5, 0.6) is 0 Å². The van der Waals surface area contributed by atoms with Crippen molar-refractivity contribution in [1.82, 2.24) is 4.57 Å². The Morgan fingerprint density at radius 1 is 0.280 bits per heavy atom. The average molecular weight is 955 g/mol. The third kappa shape index (κ3) is 7.25. The number of hydrogen-bond acceptors (Lipinski definition) is 1. The zero-order valence-electron chi connectivity index (χ0n) is 41.3. The zero-order chi connectivity index (χ0) is 49.7. The van der Waals surface area contributed by atoms with Gasteiger partial charge in [-0.25, -0.2) is 0 Å². The second kappa shape index (κ2) is 18.4. The van der Waals surface area contributed by atoms with E-state index >= 15 is 0 Å². The molecule has 1 aliphatic rings. The summed E-state index contributed by atoms with van der Waals surface area (Å²) < 4.78 is 2.40. The van der Waals surface area contributed by atoms with Crippen molar-refractivity contribution < 1.29 is 0 Å². The molecule has 14 rings (SSSR count). The van der Waals surface area contributed by atoms with E-state index in [1.165, 1.54) is 77.4 Å². The fraction of sp³-hybridized carbons (Fsp3) is 0.0137. The Hall–Kier alpha value is -9.76. The summed E-state index contributed by atoms with van der Waals surface area (Å²) in [6.45, 7) is 0. The van der Waals surface area contributed by atoms with Crippen LogP contribution in [0.2, 0.25) is 0 Å². The van der Waals surface area contributed by atoms with Crippen molar-refractivity contribution in [1.29, 1.82) is 0 Å². The van der Waals surface area contributed by atoms with Gasteiger partial charge in [0.1, 0.15) is 0 Å². The molecule has 0 aliphatic heterocycles. The Bertz CT molecular complexity index is 4120. The Morgan fingerprint density at radius 2 is 0.760 bits per heavy atom. The molecule has 0 atom stereocenters. The minimum Gasteiger partial charge on any atom is -0.310 e. The summed E-state index contributed by atoms with van der Waals surface area (Å²) >= 11 is 0. The van der Waals surface area contributed by atoms with Gasteiger partial charge in [-0.2, -0.15) is 0 Å². The molecule has 75 heavy (non-hydrogen) atoms. The van der Waals surface area contributed by atoms with Crippen molar-refractivity contribution in [2.75, 3.05) is 4.90 Å². The number of anilines is 3. The van der Waals surface area contributed by atoms with Crippen molar-refractivity contribution in [2.24, 2.45) is 0 Å². The molecule has 0 saturated heterocycles. The Kier molecular flexibility index (Phi) is 10.8. The summed E-state index contributed by atoms with van der Waals surface area (Å²) in [5, 5.41) is 2.51. The molecular weight excluding hydrogens is 905 g/mol. The van der Waals surface area contributed by atoms with E-state index in [4.69, 9.17) is 0 Å². The maximum atomic E-state index is 2.50. The lowest BCUT2D eigenvalue weighted by molar-refractivity contribution is 0.768. The summed E-state index contributed by atoms with van der Waals surface area (Å²) in [6, 6.07) is 111. The summed E-state index contributed by atoms with van der Waals surface area (Å²) in [5.74, 6) is 0. The quantitative estimate of drug-likeness (QED) is 0.133. The molecule has 2 nitrogen and oxygen atoms in total. The number of para-hydroxylation sites is 2. The monoisotopic (exact) mass is 954 g/mol. The Morgan fingerprint density at radius 3 is 1.41 bits per heavy atom. The van der Waals surface area contributed by atoms with Crippen molar-refractivity contribution in [3.05, 3.63) is 326 Å². The molecule has 0 radical (unpaired) electrons. The fourth-order valence-electron chi connectivity index (χ4n) is 12.3. The summed E-state index contributed by atoms with van der Waals surface area (Å²) in [4.78, 5) is 2.50. The Balaban J connectivity index is 0.994. The van der Waals surface area contributed by atoms with E-state index in [2.05, 4.69) is 313 Å². The molecule has 13 aromatic rings. The first-order valence-electron chi connectivity index (χ1n) is 25.9. The SMILES string of the molecule is c1ccc(-c2ccccc2-c2c(-c3ccccc3)cccc2N(c2ccc(-c3cccc(-n4c5ccccc5c5ccccc54)c3)cc2)c2ccc3c(c2)-c2ccccc2C3(c2ccccc2)c2ccccc2)cc1. The molecule has 0 spiro atoms. The molecule has 352 valence electrons. The van der Waals surface area contributed by atoms with E-state index in [1.54, 1.807) is 0 Å². The van der Waals surface area contributed by atoms with Gasteiger partial charge in [-0.3, -0.25) is 0 Å². The molecule has 0 amide bonds. The maximum absolute atomic E-state index is 2.50. The van der Waals surface area contributed by atoms with E-state index in [-0.39, 0.29) is 0 Å². The number of rotatable bonds is 10. The topological polar surface area (TPSA) is 8.17 Å². The molecule has 1 heterocycles. The van der Waals surface area contributed by atoms with Crippen LogP contribution in [0.25, 0.3) is 83.1 Å². The van der Waals surface area contributed by atoms with Gasteiger partial charge in [0, 0.05) is 33.4 Å². The first kappa shape index (κ1) is 44.0. The lowest BCUT2D eigenvalue weighted by Gasteiger charge is -2.34. The maximum Gasteiger partial charge on any atom is 0.0713 e. The van der Waals surface area contributed by atoms with E-state index < -0.39 is 5.41 Å². The lowest BCUT2D eigenvalue weighted by atomic mass is 9.68. The van der Waals surface area contributed by atoms with Gasteiger partial charge in [-0.1, -0.05) is 249 Å². The Labute approximate surface area is 438 Å². The highest BCUT2D eigenvalue weighted by molar-refractivity contribution is 6.09. The lowest BCUT2D eigenvalue weighted by Crippen LogP contribution is -2.28. The van der Waals surface area contributed by atoms with Crippen LogP contribution in [0.15, 0.2) is 303 Å². The van der Waals surface area contributed by atoms with Gasteiger partial charge in [-0.05, 0) is 127 Å². The van der Waals surface area contributed by atoms with Gasteiger partial charge in [-0.15, -0.1) is 0 Å². The highest BCUT2D eigenvalue weighted by atomic mass is 15.1. The number of nitrogens with zero attached hydrogens (tertiary/aromatic N) is 2. The van der Waals surface area contributed by atoms with Gasteiger partial charge in [0.15, 0.2) is 0 Å². The number of fused-ring (bicyclic) bond motifs is 6. The minimum absolute atomic E-state index is 0.514. The fourth-order valence-corrected chi connectivity index (χ4v) is 12.3. The van der Waals surface area contributed by atoms with Crippen LogP contribution in [-0.4, -0.2) is 4.57 Å². The molecule has 0 saturated carbocycles. The summed E-state index contributed by atoms with van der Waals surface area (Å²) in [5.41, 5.74) is 23.1. The van der Waals surface area contributed by atoms with Crippen molar-refractivity contribution in [2.45, 2.75) is 5.41 Å². The van der Waals surface area contributed by atoms with Crippen LogP contribution in [-0.2, 0) is 5.41 Å². The van der Waals surface area contributed by atoms with Gasteiger partial charge in [0.25, 0.3) is 0 Å². The van der Waals surface area contributed by atoms with Crippen LogP contribution in [0.4, 0.5) is 17.1 Å². The van der Waals surface area contributed by atoms with Crippen LogP contribution >= 0.6 is 0 Å². The standard InChI is InChI=1S/C73H50N2/c1-5-23-52(24-6-1)60-33-13-14-37-65(60)72-61(53-25-7-2-8-26-53)38-22-42-71(72)74(57-45-43-51(44-46-57)54-27-21-32-58(49-54)75-69-40-19-16-35-63(69)64-36-17-20-41-70(64)75)59-47-48-68-66(50-59)62-34-15-18-39-67(62)73(68,55-28-9-3-10-29-55)56-30-11-4-12-31-56/h1-50H. The van der Waals surface area contributed by atoms with Crippen molar-refractivity contribution >= 4 is 38.9 Å². The third-order valence-corrected chi connectivity index (χ3v) is 15.5. The van der Waals surface area contributed by atoms with Crippen LogP contribution in [0.1, 0.15) is 22.3 Å². The van der Waals surface area contributed by atoms with Crippen molar-refractivity contribution in [3.8, 4) is 61.3 Å². The minimum atomic E-state index is -0.514. The number of aromatic nitrogens is 1. The molecule has 12 aromatic carbocycles. The predicted octanol–water partition coefficient (Wildman–Crippen LogP) is 19.3. The highest BCUT2D eigenvalue weighted by Gasteiger charge is 2.46. The first-order valence-corrected chi connectivity index (χ1v) is 25.9. The molecule has 2 heteroatoms. The largest absolute Gasteiger partial charge is 0.310 e. The number of benzene rings is 12. The van der Waals surface area contributed by atoms with E-state index in [0.717, 1.165) is 45.0 Å². The van der Waals surface area contributed by atoms with E-state index in [9.17, 15) is 0 Å². The number of hydrogen-bond donors (Lipinski definition) is 0. The van der Waals surface area contributed by atoms with Gasteiger partial charge in [0.2, 0.25) is 0 Å². The molecule has 1 aliphatic carbocycles. The second-order valence-electron chi connectivity index (χ2n) is 19.5. The van der Waals surface area contributed by atoms with Gasteiger partial charge < -0.3 is 9.47 Å². The van der Waals surface area contributed by atoms with Crippen LogP contribution < -0.4 is 4.90 Å². The molecule has 0 N–H and O–H groups in total. The van der Waals surface area contributed by atoms with Gasteiger partial charge in [0.05, 0.1) is 22.1 Å². The smallest absolute Gasteiger partial charge is 0.0713 e. The molecular formula is C73H50N2.